The fraction of sp³-hybridized carbons (Fsp3) is 0.368. The minimum absolute atomic E-state index is 0.797. The van der Waals surface area contributed by atoms with Gasteiger partial charge >= 0.3 is 0 Å². The van der Waals surface area contributed by atoms with Crippen LogP contribution in [0.3, 0.4) is 0 Å². The van der Waals surface area contributed by atoms with Crippen LogP contribution in [-0.4, -0.2) is 24.6 Å². The number of allylic oxidation sites excluding steroid dienone is 1. The molecule has 2 aliphatic rings. The molecule has 0 amide bonds. The van der Waals surface area contributed by atoms with Gasteiger partial charge in [-0.05, 0) is 25.0 Å². The number of fused-ring (bicyclic) bond motifs is 2. The molecule has 0 aromatic carbocycles. The molecule has 1 fully saturated rings. The van der Waals surface area contributed by atoms with Crippen molar-refractivity contribution in [2.24, 2.45) is 5.92 Å². The maximum absolute atomic E-state index is 4.81. The molecule has 0 N–H and O–H groups in total. The van der Waals surface area contributed by atoms with Crippen LogP contribution in [-0.2, 0) is 12.8 Å². The summed E-state index contributed by atoms with van der Waals surface area (Å²) in [7, 11) is 0. The third kappa shape index (κ3) is 2.23. The smallest absolute Gasteiger partial charge is 0.153 e. The number of aryl methyl sites for hydroxylation is 1. The minimum atomic E-state index is 0.797. The molecule has 0 radical (unpaired) electrons. The molecule has 0 unspecified atom stereocenters. The standard InChI is InChI=1S/C19H19N5/c1-12-11-24-19(21-12)8-7-17(23-24)14-5-6-16-15(14)10-20-18(22-16)9-13-3-2-4-13/h5,7-8,10-11,13H,2-4,6,9H2,1H3. The Bertz CT molecular complexity index is 965. The van der Waals surface area contributed by atoms with E-state index in [0.717, 1.165) is 58.4 Å². The molecule has 0 atom stereocenters. The Morgan fingerprint density at radius 1 is 1.21 bits per heavy atom. The Hall–Kier alpha value is -2.56. The van der Waals surface area contributed by atoms with Crippen LogP contribution < -0.4 is 0 Å². The van der Waals surface area contributed by atoms with E-state index >= 15 is 0 Å². The van der Waals surface area contributed by atoms with Crippen molar-refractivity contribution in [1.82, 2.24) is 24.6 Å². The van der Waals surface area contributed by atoms with Crippen LogP contribution in [0.4, 0.5) is 0 Å². The first kappa shape index (κ1) is 13.8. The fourth-order valence-corrected chi connectivity index (χ4v) is 3.59. The summed E-state index contributed by atoms with van der Waals surface area (Å²) in [6.07, 6.45) is 12.1. The van der Waals surface area contributed by atoms with Gasteiger partial charge in [0, 0.05) is 30.2 Å². The second kappa shape index (κ2) is 5.23. The van der Waals surface area contributed by atoms with Crippen LogP contribution in [0.15, 0.2) is 30.6 Å². The molecule has 3 heterocycles. The van der Waals surface area contributed by atoms with E-state index < -0.39 is 0 Å². The fourth-order valence-electron chi connectivity index (χ4n) is 3.59. The first-order chi connectivity index (χ1) is 11.8. The average molecular weight is 317 g/mol. The van der Waals surface area contributed by atoms with E-state index in [2.05, 4.69) is 16.0 Å². The van der Waals surface area contributed by atoms with Crippen LogP contribution in [0.5, 0.6) is 0 Å². The van der Waals surface area contributed by atoms with Crippen molar-refractivity contribution in [3.63, 3.8) is 0 Å². The lowest BCUT2D eigenvalue weighted by atomic mass is 9.83. The van der Waals surface area contributed by atoms with Crippen LogP contribution >= 0.6 is 0 Å². The predicted molar refractivity (Wildman–Crippen MR) is 91.6 cm³/mol. The van der Waals surface area contributed by atoms with Gasteiger partial charge in [0.2, 0.25) is 0 Å². The lowest BCUT2D eigenvalue weighted by Gasteiger charge is -2.24. The van der Waals surface area contributed by atoms with Crippen molar-refractivity contribution < 1.29 is 0 Å². The summed E-state index contributed by atoms with van der Waals surface area (Å²) in [4.78, 5) is 13.9. The number of aromatic nitrogens is 5. The van der Waals surface area contributed by atoms with Crippen molar-refractivity contribution in [2.75, 3.05) is 0 Å². The SMILES string of the molecule is Cc1cn2nc(C3=CCc4nc(CC5CCC5)ncc43)ccc2n1. The Balaban J connectivity index is 1.47. The molecule has 5 nitrogen and oxygen atoms in total. The zero-order chi connectivity index (χ0) is 16.1. The number of hydrogen-bond donors (Lipinski definition) is 0. The third-order valence-corrected chi connectivity index (χ3v) is 5.12. The molecule has 0 spiro atoms. The number of hydrogen-bond acceptors (Lipinski definition) is 4. The normalized spacial score (nSPS) is 17.0. The molecular formula is C19H19N5. The average Bonchev–Trinajstić information content (AvgIpc) is 3.11. The number of nitrogens with zero attached hydrogens (tertiary/aromatic N) is 5. The second-order valence-electron chi connectivity index (χ2n) is 6.87. The highest BCUT2D eigenvalue weighted by atomic mass is 15.2. The van der Waals surface area contributed by atoms with E-state index in [-0.39, 0.29) is 0 Å². The summed E-state index contributed by atoms with van der Waals surface area (Å²) in [6, 6.07) is 4.05. The molecule has 120 valence electrons. The van der Waals surface area contributed by atoms with Gasteiger partial charge in [0.25, 0.3) is 0 Å². The van der Waals surface area contributed by atoms with Gasteiger partial charge in [0.1, 0.15) is 5.82 Å². The number of rotatable bonds is 3. The van der Waals surface area contributed by atoms with Crippen LogP contribution in [0.2, 0.25) is 0 Å². The summed E-state index contributed by atoms with van der Waals surface area (Å²) in [6.45, 7) is 1.98. The summed E-state index contributed by atoms with van der Waals surface area (Å²) < 4.78 is 1.84. The first-order valence-corrected chi connectivity index (χ1v) is 8.65. The molecule has 1 saturated carbocycles. The first-order valence-electron chi connectivity index (χ1n) is 8.65. The lowest BCUT2D eigenvalue weighted by Crippen LogP contribution is -2.16. The number of imidazole rings is 1. The molecular weight excluding hydrogens is 298 g/mol. The molecule has 24 heavy (non-hydrogen) atoms. The van der Waals surface area contributed by atoms with E-state index in [0.29, 0.717) is 0 Å². The van der Waals surface area contributed by atoms with Crippen molar-refractivity contribution in [2.45, 2.75) is 39.0 Å². The van der Waals surface area contributed by atoms with Gasteiger partial charge in [0.05, 0.1) is 23.3 Å². The summed E-state index contributed by atoms with van der Waals surface area (Å²) in [5.41, 5.74) is 6.20. The van der Waals surface area contributed by atoms with E-state index in [1.54, 1.807) is 0 Å². The Kier molecular flexibility index (Phi) is 3.01. The van der Waals surface area contributed by atoms with Crippen LogP contribution in [0.25, 0.3) is 11.2 Å². The van der Waals surface area contributed by atoms with E-state index in [9.17, 15) is 0 Å². The zero-order valence-electron chi connectivity index (χ0n) is 13.7. The molecule has 5 rings (SSSR count). The van der Waals surface area contributed by atoms with Crippen LogP contribution in [0.1, 0.15) is 47.7 Å². The van der Waals surface area contributed by atoms with E-state index in [1.165, 1.54) is 19.3 Å². The Morgan fingerprint density at radius 3 is 2.96 bits per heavy atom. The summed E-state index contributed by atoms with van der Waals surface area (Å²) in [5.74, 6) is 1.80. The van der Waals surface area contributed by atoms with Crippen molar-refractivity contribution in [1.29, 1.82) is 0 Å². The van der Waals surface area contributed by atoms with Gasteiger partial charge < -0.3 is 0 Å². The molecule has 2 aliphatic carbocycles. The highest BCUT2D eigenvalue weighted by Gasteiger charge is 2.22. The van der Waals surface area contributed by atoms with Gasteiger partial charge in [-0.3, -0.25) is 0 Å². The van der Waals surface area contributed by atoms with Crippen LogP contribution in [0, 0.1) is 12.8 Å². The van der Waals surface area contributed by atoms with Crippen molar-refractivity contribution >= 4 is 11.2 Å². The molecule has 0 bridgehead atoms. The van der Waals surface area contributed by atoms with Gasteiger partial charge in [-0.1, -0.05) is 25.3 Å². The Morgan fingerprint density at radius 2 is 2.12 bits per heavy atom. The van der Waals surface area contributed by atoms with Gasteiger partial charge in [-0.2, -0.15) is 5.10 Å². The highest BCUT2D eigenvalue weighted by molar-refractivity contribution is 5.82. The maximum Gasteiger partial charge on any atom is 0.153 e. The second-order valence-corrected chi connectivity index (χ2v) is 6.87. The lowest BCUT2D eigenvalue weighted by molar-refractivity contribution is 0.309. The van der Waals surface area contributed by atoms with Gasteiger partial charge in [-0.15, -0.1) is 0 Å². The molecule has 5 heteroatoms. The molecule has 3 aromatic rings. The van der Waals surface area contributed by atoms with Gasteiger partial charge in [0.15, 0.2) is 5.65 Å². The third-order valence-electron chi connectivity index (χ3n) is 5.12. The molecule has 0 aliphatic heterocycles. The topological polar surface area (TPSA) is 56.0 Å². The largest absolute Gasteiger partial charge is 0.241 e. The molecule has 3 aromatic heterocycles. The van der Waals surface area contributed by atoms with E-state index in [1.807, 2.05) is 36.0 Å². The van der Waals surface area contributed by atoms with Crippen molar-refractivity contribution in [3.05, 3.63) is 59.1 Å². The maximum atomic E-state index is 4.81. The minimum Gasteiger partial charge on any atom is -0.241 e. The Labute approximate surface area is 140 Å². The summed E-state index contributed by atoms with van der Waals surface area (Å²) >= 11 is 0. The van der Waals surface area contributed by atoms with Gasteiger partial charge in [-0.25, -0.2) is 19.5 Å². The summed E-state index contributed by atoms with van der Waals surface area (Å²) in [5, 5.41) is 4.70. The highest BCUT2D eigenvalue weighted by Crippen LogP contribution is 2.32. The predicted octanol–water partition coefficient (Wildman–Crippen LogP) is 3.16. The van der Waals surface area contributed by atoms with Crippen molar-refractivity contribution in [3.8, 4) is 0 Å². The molecule has 0 saturated heterocycles. The monoisotopic (exact) mass is 317 g/mol. The zero-order valence-corrected chi connectivity index (χ0v) is 13.7. The van der Waals surface area contributed by atoms with E-state index in [4.69, 9.17) is 10.1 Å². The quantitative estimate of drug-likeness (QED) is 0.744.